The van der Waals surface area contributed by atoms with E-state index in [1.165, 1.54) is 148 Å². The standard InChI is InChI=1S/C71H138O17P2/c1-61(2)47-39-31-23-19-15-11-9-10-12-17-21-25-35-43-51-68(73)81-57-67(88-71(76)54-46-38-30-28-34-42-50-64(7)8)60-86-90(79,80)84-56-65(72)55-83-89(77,78)85-59-66(58-82-69(74)52-44-36-29-27-33-41-49-63(5)6)87-70(75)53-45-37-26-22-18-14-13-16-20-24-32-40-48-62(3)4/h61-67,72H,9-60H2,1-8H3,(H,77,78)(H,79,80)/t65-,66+,67+/m0/s1. The fraction of sp³-hybridized carbons (Fsp3) is 0.944. The Morgan fingerprint density at radius 1 is 0.278 bits per heavy atom. The number of phosphoric acid groups is 2. The van der Waals surface area contributed by atoms with Gasteiger partial charge in [0.05, 0.1) is 26.4 Å². The van der Waals surface area contributed by atoms with Crippen LogP contribution in [0.25, 0.3) is 0 Å². The molecule has 0 bridgehead atoms. The van der Waals surface area contributed by atoms with E-state index in [4.69, 9.17) is 37.0 Å². The van der Waals surface area contributed by atoms with Crippen molar-refractivity contribution in [2.24, 2.45) is 23.7 Å². The van der Waals surface area contributed by atoms with Gasteiger partial charge < -0.3 is 33.8 Å². The molecule has 0 rings (SSSR count). The third-order valence-corrected chi connectivity index (χ3v) is 18.2. The summed E-state index contributed by atoms with van der Waals surface area (Å²) in [4.78, 5) is 72.5. The molecule has 17 nitrogen and oxygen atoms in total. The van der Waals surface area contributed by atoms with Gasteiger partial charge in [0.25, 0.3) is 0 Å². The maximum absolute atomic E-state index is 13.0. The maximum atomic E-state index is 13.0. The van der Waals surface area contributed by atoms with Crippen LogP contribution in [0.2, 0.25) is 0 Å². The van der Waals surface area contributed by atoms with E-state index in [2.05, 4.69) is 55.4 Å². The van der Waals surface area contributed by atoms with E-state index in [-0.39, 0.29) is 25.7 Å². The summed E-state index contributed by atoms with van der Waals surface area (Å²) < 4.78 is 68.2. The second-order valence-corrected chi connectivity index (χ2v) is 30.4. The van der Waals surface area contributed by atoms with Gasteiger partial charge in [0.2, 0.25) is 0 Å². The van der Waals surface area contributed by atoms with Crippen LogP contribution in [0.5, 0.6) is 0 Å². The first-order chi connectivity index (χ1) is 43.1. The Morgan fingerprint density at radius 3 is 0.689 bits per heavy atom. The van der Waals surface area contributed by atoms with Crippen LogP contribution in [0, 0.1) is 23.7 Å². The summed E-state index contributed by atoms with van der Waals surface area (Å²) >= 11 is 0. The fourth-order valence-electron chi connectivity index (χ4n) is 10.7. The topological polar surface area (TPSA) is 237 Å². The number of unbranched alkanes of at least 4 members (excludes halogenated alkanes) is 34. The quantitative estimate of drug-likeness (QED) is 0.0222. The third-order valence-electron chi connectivity index (χ3n) is 16.3. The average Bonchev–Trinajstić information content (AvgIpc) is 3.70. The molecule has 0 spiro atoms. The van der Waals surface area contributed by atoms with Crippen molar-refractivity contribution in [2.75, 3.05) is 39.6 Å². The largest absolute Gasteiger partial charge is 0.472 e. The van der Waals surface area contributed by atoms with Gasteiger partial charge in [0, 0.05) is 25.7 Å². The first-order valence-electron chi connectivity index (χ1n) is 36.7. The lowest BCUT2D eigenvalue weighted by Gasteiger charge is -2.21. The zero-order chi connectivity index (χ0) is 66.8. The van der Waals surface area contributed by atoms with Gasteiger partial charge in [0.1, 0.15) is 19.3 Å². The van der Waals surface area contributed by atoms with E-state index in [9.17, 15) is 43.2 Å². The third kappa shape index (κ3) is 64.8. The van der Waals surface area contributed by atoms with Crippen molar-refractivity contribution in [2.45, 2.75) is 369 Å². The number of carbonyl (C=O) groups is 4. The predicted molar refractivity (Wildman–Crippen MR) is 363 cm³/mol. The van der Waals surface area contributed by atoms with Gasteiger partial charge in [-0.3, -0.25) is 37.3 Å². The Morgan fingerprint density at radius 2 is 0.467 bits per heavy atom. The van der Waals surface area contributed by atoms with Gasteiger partial charge >= 0.3 is 39.5 Å². The Hall–Kier alpha value is -1.94. The van der Waals surface area contributed by atoms with Crippen LogP contribution in [-0.4, -0.2) is 96.7 Å². The van der Waals surface area contributed by atoms with Gasteiger partial charge in [-0.1, -0.05) is 299 Å². The summed E-state index contributed by atoms with van der Waals surface area (Å²) in [5, 5.41) is 10.6. The molecule has 0 saturated carbocycles. The molecule has 0 amide bonds. The Bertz CT molecular complexity index is 1780. The Labute approximate surface area is 549 Å². The van der Waals surface area contributed by atoms with E-state index in [1.54, 1.807) is 0 Å². The van der Waals surface area contributed by atoms with E-state index in [0.717, 1.165) is 108 Å². The molecule has 0 aliphatic carbocycles. The van der Waals surface area contributed by atoms with E-state index in [0.29, 0.717) is 37.5 Å². The first-order valence-corrected chi connectivity index (χ1v) is 39.7. The lowest BCUT2D eigenvalue weighted by molar-refractivity contribution is -0.161. The Kier molecular flexibility index (Phi) is 59.4. The highest BCUT2D eigenvalue weighted by molar-refractivity contribution is 7.47. The minimum Gasteiger partial charge on any atom is -0.462 e. The molecular weight excluding hydrogens is 1190 g/mol. The number of phosphoric ester groups is 2. The highest BCUT2D eigenvalue weighted by Crippen LogP contribution is 2.45. The lowest BCUT2D eigenvalue weighted by Crippen LogP contribution is -2.30. The first kappa shape index (κ1) is 88.1. The van der Waals surface area contributed by atoms with Crippen LogP contribution in [0.1, 0.15) is 351 Å². The van der Waals surface area contributed by atoms with Gasteiger partial charge in [-0.25, -0.2) is 9.13 Å². The Balaban J connectivity index is 5.17. The molecule has 0 aromatic heterocycles. The van der Waals surface area contributed by atoms with Crippen LogP contribution in [0.15, 0.2) is 0 Å². The molecule has 0 radical (unpaired) electrons. The molecule has 90 heavy (non-hydrogen) atoms. The number of aliphatic hydroxyl groups excluding tert-OH is 1. The number of hydrogen-bond donors (Lipinski definition) is 3. The second-order valence-electron chi connectivity index (χ2n) is 27.5. The highest BCUT2D eigenvalue weighted by Gasteiger charge is 2.30. The molecule has 0 aliphatic rings. The normalized spacial score (nSPS) is 14.3. The molecule has 0 fully saturated rings. The zero-order valence-corrected chi connectivity index (χ0v) is 60.6. The summed E-state index contributed by atoms with van der Waals surface area (Å²) in [6.45, 7) is 14.0. The maximum Gasteiger partial charge on any atom is 0.472 e. The zero-order valence-electron chi connectivity index (χ0n) is 58.8. The predicted octanol–water partition coefficient (Wildman–Crippen LogP) is 20.1. The van der Waals surface area contributed by atoms with E-state index >= 15 is 0 Å². The summed E-state index contributed by atoms with van der Waals surface area (Å²) in [6, 6.07) is 0. The molecule has 0 saturated heterocycles. The molecule has 0 heterocycles. The highest BCUT2D eigenvalue weighted by atomic mass is 31.2. The number of carbonyl (C=O) groups excluding carboxylic acids is 4. The molecule has 534 valence electrons. The fourth-order valence-corrected chi connectivity index (χ4v) is 12.2. The average molecular weight is 1330 g/mol. The number of rotatable bonds is 68. The SMILES string of the molecule is CC(C)CCCCCCCCCCCCCCCCC(=O)OC[C@H](COP(=O)(O)OC[C@@H](O)COP(=O)(O)OC[C@@H](COC(=O)CCCCCCCCC(C)C)OC(=O)CCCCCCCCCCCCCCC(C)C)OC(=O)CCCCCCCCC(C)C. The summed E-state index contributed by atoms with van der Waals surface area (Å²) in [6.07, 6.45) is 43.4. The monoisotopic (exact) mass is 1320 g/mol. The second kappa shape index (κ2) is 60.7. The van der Waals surface area contributed by atoms with Crippen molar-refractivity contribution in [3.63, 3.8) is 0 Å². The van der Waals surface area contributed by atoms with Crippen molar-refractivity contribution in [3.05, 3.63) is 0 Å². The van der Waals surface area contributed by atoms with Crippen molar-refractivity contribution >= 4 is 39.5 Å². The van der Waals surface area contributed by atoms with Crippen LogP contribution in [-0.2, 0) is 65.4 Å². The van der Waals surface area contributed by atoms with Crippen LogP contribution >= 0.6 is 15.6 Å². The molecule has 19 heteroatoms. The van der Waals surface area contributed by atoms with Crippen molar-refractivity contribution in [1.82, 2.24) is 0 Å². The van der Waals surface area contributed by atoms with Gasteiger partial charge in [-0.15, -0.1) is 0 Å². The molecule has 0 aliphatic heterocycles. The smallest absolute Gasteiger partial charge is 0.462 e. The number of esters is 4. The molecule has 2 unspecified atom stereocenters. The summed E-state index contributed by atoms with van der Waals surface area (Å²) in [5.41, 5.74) is 0. The lowest BCUT2D eigenvalue weighted by atomic mass is 10.0. The van der Waals surface area contributed by atoms with Crippen LogP contribution < -0.4 is 0 Å². The minimum absolute atomic E-state index is 0.102. The summed E-state index contributed by atoms with van der Waals surface area (Å²) in [5.74, 6) is 0.791. The van der Waals surface area contributed by atoms with Gasteiger partial charge in [0.15, 0.2) is 12.2 Å². The molecular formula is C71H138O17P2. The van der Waals surface area contributed by atoms with Gasteiger partial charge in [-0.05, 0) is 49.4 Å². The van der Waals surface area contributed by atoms with Crippen LogP contribution in [0.3, 0.4) is 0 Å². The number of aliphatic hydroxyl groups is 1. The van der Waals surface area contributed by atoms with Crippen molar-refractivity contribution in [1.29, 1.82) is 0 Å². The van der Waals surface area contributed by atoms with E-state index < -0.39 is 97.5 Å². The van der Waals surface area contributed by atoms with Crippen LogP contribution in [0.4, 0.5) is 0 Å². The van der Waals surface area contributed by atoms with E-state index in [1.807, 2.05) is 0 Å². The molecule has 5 atom stereocenters. The molecule has 0 aromatic rings. The minimum atomic E-state index is -4.95. The van der Waals surface area contributed by atoms with Gasteiger partial charge in [-0.2, -0.15) is 0 Å². The molecule has 3 N–H and O–H groups in total. The van der Waals surface area contributed by atoms with Crippen molar-refractivity contribution < 1.29 is 80.2 Å². The number of ether oxygens (including phenoxy) is 4. The molecule has 0 aromatic carbocycles. The summed E-state index contributed by atoms with van der Waals surface area (Å²) in [7, 11) is -9.90. The van der Waals surface area contributed by atoms with Crippen molar-refractivity contribution in [3.8, 4) is 0 Å². The number of hydrogen-bond acceptors (Lipinski definition) is 15.